The van der Waals surface area contributed by atoms with Gasteiger partial charge in [-0.25, -0.2) is 4.98 Å². The van der Waals surface area contributed by atoms with Gasteiger partial charge in [0, 0.05) is 17.6 Å². The molecule has 0 saturated heterocycles. The van der Waals surface area contributed by atoms with Gasteiger partial charge in [0.05, 0.1) is 11.1 Å². The molecule has 5 heteroatoms. The van der Waals surface area contributed by atoms with E-state index in [4.69, 9.17) is 5.73 Å². The summed E-state index contributed by atoms with van der Waals surface area (Å²) in [6.45, 7) is 0.264. The summed E-state index contributed by atoms with van der Waals surface area (Å²) >= 11 is 0. The van der Waals surface area contributed by atoms with Crippen molar-refractivity contribution in [3.63, 3.8) is 0 Å². The Hall–Kier alpha value is -2.14. The second-order valence-corrected chi connectivity index (χ2v) is 5.73. The smallest absolute Gasteiger partial charge is 0.270 e. The van der Waals surface area contributed by atoms with Crippen molar-refractivity contribution in [1.29, 1.82) is 0 Å². The monoisotopic (exact) mass is 285 g/mol. The molecule has 0 aliphatic heterocycles. The Labute approximate surface area is 123 Å². The first-order chi connectivity index (χ1) is 10.1. The zero-order chi connectivity index (χ0) is 14.9. The predicted octanol–water partition coefficient (Wildman–Crippen LogP) is 1.85. The third kappa shape index (κ3) is 2.83. The first kappa shape index (κ1) is 13.8. The maximum atomic E-state index is 12.2. The van der Waals surface area contributed by atoms with Crippen molar-refractivity contribution in [2.75, 3.05) is 12.3 Å². The van der Waals surface area contributed by atoms with Gasteiger partial charge in [-0.15, -0.1) is 0 Å². The number of hydrogen-bond donors (Lipinski definition) is 3. The number of rotatable bonds is 3. The molecule has 1 saturated carbocycles. The van der Waals surface area contributed by atoms with Crippen LogP contribution in [0.1, 0.15) is 36.2 Å². The van der Waals surface area contributed by atoms with Crippen molar-refractivity contribution in [2.45, 2.75) is 31.3 Å². The summed E-state index contributed by atoms with van der Waals surface area (Å²) in [5.74, 6) is -0.298. The first-order valence-electron chi connectivity index (χ1n) is 7.23. The Bertz CT molecular complexity index is 678. The van der Waals surface area contributed by atoms with Crippen LogP contribution in [-0.2, 0) is 0 Å². The summed E-state index contributed by atoms with van der Waals surface area (Å²) in [7, 11) is 0. The van der Waals surface area contributed by atoms with Gasteiger partial charge in [0.1, 0.15) is 5.69 Å². The van der Waals surface area contributed by atoms with Crippen molar-refractivity contribution in [3.8, 4) is 0 Å². The van der Waals surface area contributed by atoms with Crippen molar-refractivity contribution >= 4 is 22.5 Å². The van der Waals surface area contributed by atoms with Crippen LogP contribution in [0, 0.1) is 0 Å². The standard InChI is InChI=1S/C16H19N3O2/c17-12-9-14(19-13-6-2-1-5-11(12)13)15(20)18-10-16(21)7-3-4-8-16/h1-2,5-6,9,21H,3-4,7-8,10H2,(H2,17,19)(H,18,20). The van der Waals surface area contributed by atoms with Gasteiger partial charge in [0.25, 0.3) is 5.91 Å². The van der Waals surface area contributed by atoms with Gasteiger partial charge in [-0.1, -0.05) is 31.0 Å². The second-order valence-electron chi connectivity index (χ2n) is 5.73. The van der Waals surface area contributed by atoms with Gasteiger partial charge >= 0.3 is 0 Å². The van der Waals surface area contributed by atoms with E-state index < -0.39 is 5.60 Å². The number of nitrogens with one attached hydrogen (secondary N) is 1. The van der Waals surface area contributed by atoms with E-state index >= 15 is 0 Å². The summed E-state index contributed by atoms with van der Waals surface area (Å²) in [6, 6.07) is 9.03. The number of nitrogens with zero attached hydrogens (tertiary/aromatic N) is 1. The highest BCUT2D eigenvalue weighted by atomic mass is 16.3. The third-order valence-corrected chi connectivity index (χ3v) is 4.09. The summed E-state index contributed by atoms with van der Waals surface area (Å²) < 4.78 is 0. The Kier molecular flexibility index (Phi) is 3.51. The molecule has 5 nitrogen and oxygen atoms in total. The molecular weight excluding hydrogens is 266 g/mol. The maximum absolute atomic E-state index is 12.2. The van der Waals surface area contributed by atoms with Gasteiger partial charge < -0.3 is 16.2 Å². The highest BCUT2D eigenvalue weighted by Gasteiger charge is 2.31. The minimum absolute atomic E-state index is 0.264. The van der Waals surface area contributed by atoms with Gasteiger partial charge in [-0.2, -0.15) is 0 Å². The van der Waals surface area contributed by atoms with Gasteiger partial charge in [0.15, 0.2) is 0 Å². The van der Waals surface area contributed by atoms with Crippen LogP contribution in [0.25, 0.3) is 10.9 Å². The molecule has 1 aliphatic rings. The van der Waals surface area contributed by atoms with Crippen LogP contribution in [0.2, 0.25) is 0 Å². The van der Waals surface area contributed by atoms with Crippen molar-refractivity contribution in [3.05, 3.63) is 36.0 Å². The van der Waals surface area contributed by atoms with Gasteiger partial charge in [-0.05, 0) is 25.0 Å². The number of aliphatic hydroxyl groups is 1. The number of aromatic nitrogens is 1. The molecule has 0 atom stereocenters. The number of para-hydroxylation sites is 1. The quantitative estimate of drug-likeness (QED) is 0.803. The van der Waals surface area contributed by atoms with Crippen LogP contribution in [0.5, 0.6) is 0 Å². The minimum atomic E-state index is -0.766. The van der Waals surface area contributed by atoms with Crippen molar-refractivity contribution in [2.24, 2.45) is 0 Å². The fraction of sp³-hybridized carbons (Fsp3) is 0.375. The van der Waals surface area contributed by atoms with E-state index in [1.807, 2.05) is 24.3 Å². The molecule has 110 valence electrons. The molecule has 21 heavy (non-hydrogen) atoms. The first-order valence-corrected chi connectivity index (χ1v) is 7.23. The number of nitrogens with two attached hydrogens (primary N) is 1. The van der Waals surface area contributed by atoms with Crippen molar-refractivity contribution < 1.29 is 9.90 Å². The number of anilines is 1. The van der Waals surface area contributed by atoms with E-state index in [0.29, 0.717) is 11.2 Å². The van der Waals surface area contributed by atoms with Gasteiger partial charge in [-0.3, -0.25) is 4.79 Å². The number of hydrogen-bond acceptors (Lipinski definition) is 4. The van der Waals surface area contributed by atoms with E-state index in [9.17, 15) is 9.90 Å². The average Bonchev–Trinajstić information content (AvgIpc) is 2.92. The predicted molar refractivity (Wildman–Crippen MR) is 81.9 cm³/mol. The second kappa shape index (κ2) is 5.33. The van der Waals surface area contributed by atoms with Gasteiger partial charge in [0.2, 0.25) is 0 Å². The molecule has 0 spiro atoms. The van der Waals surface area contributed by atoms with E-state index in [1.165, 1.54) is 0 Å². The fourth-order valence-electron chi connectivity index (χ4n) is 2.86. The Morgan fingerprint density at radius 1 is 1.33 bits per heavy atom. The number of pyridine rings is 1. The SMILES string of the molecule is Nc1cc(C(=O)NCC2(O)CCCC2)nc2ccccc12. The van der Waals surface area contributed by atoms with E-state index in [1.54, 1.807) is 6.07 Å². The zero-order valence-electron chi connectivity index (χ0n) is 11.8. The molecule has 1 heterocycles. The van der Waals surface area contributed by atoms with Crippen LogP contribution in [0.3, 0.4) is 0 Å². The molecule has 1 aromatic carbocycles. The lowest BCUT2D eigenvalue weighted by Gasteiger charge is -2.22. The summed E-state index contributed by atoms with van der Waals surface area (Å²) in [5, 5.41) is 13.9. The van der Waals surface area contributed by atoms with Crippen LogP contribution in [0.15, 0.2) is 30.3 Å². The highest BCUT2D eigenvalue weighted by molar-refractivity contribution is 5.99. The minimum Gasteiger partial charge on any atom is -0.398 e. The maximum Gasteiger partial charge on any atom is 0.270 e. The van der Waals surface area contributed by atoms with Crippen LogP contribution in [-0.4, -0.2) is 28.1 Å². The molecule has 1 amide bonds. The molecule has 4 N–H and O–H groups in total. The lowest BCUT2D eigenvalue weighted by molar-refractivity contribution is 0.0448. The molecule has 1 aromatic heterocycles. The largest absolute Gasteiger partial charge is 0.398 e. The average molecular weight is 285 g/mol. The third-order valence-electron chi connectivity index (χ3n) is 4.09. The molecule has 0 unspecified atom stereocenters. The van der Waals surface area contributed by atoms with E-state index in [0.717, 1.165) is 31.1 Å². The number of carbonyl (C=O) groups is 1. The Morgan fingerprint density at radius 3 is 2.81 bits per heavy atom. The van der Waals surface area contributed by atoms with E-state index in [2.05, 4.69) is 10.3 Å². The lowest BCUT2D eigenvalue weighted by Crippen LogP contribution is -2.41. The Balaban J connectivity index is 1.78. The highest BCUT2D eigenvalue weighted by Crippen LogP contribution is 2.28. The van der Waals surface area contributed by atoms with E-state index in [-0.39, 0.29) is 18.1 Å². The zero-order valence-corrected chi connectivity index (χ0v) is 11.8. The van der Waals surface area contributed by atoms with Crippen molar-refractivity contribution in [1.82, 2.24) is 10.3 Å². The number of fused-ring (bicyclic) bond motifs is 1. The Morgan fingerprint density at radius 2 is 2.05 bits per heavy atom. The molecule has 0 radical (unpaired) electrons. The van der Waals surface area contributed by atoms with Crippen LogP contribution in [0.4, 0.5) is 5.69 Å². The molecule has 2 aromatic rings. The summed E-state index contributed by atoms with van der Waals surface area (Å²) in [5.41, 5.74) is 6.72. The summed E-state index contributed by atoms with van der Waals surface area (Å²) in [4.78, 5) is 16.5. The molecular formula is C16H19N3O2. The molecule has 3 rings (SSSR count). The topological polar surface area (TPSA) is 88.2 Å². The van der Waals surface area contributed by atoms with Crippen LogP contribution >= 0.6 is 0 Å². The lowest BCUT2D eigenvalue weighted by atomic mass is 10.0. The number of benzene rings is 1. The molecule has 1 aliphatic carbocycles. The number of nitrogen functional groups attached to an aromatic ring is 1. The normalized spacial score (nSPS) is 17.0. The summed E-state index contributed by atoms with van der Waals surface area (Å²) in [6.07, 6.45) is 3.49. The van der Waals surface area contributed by atoms with Crippen LogP contribution < -0.4 is 11.1 Å². The fourth-order valence-corrected chi connectivity index (χ4v) is 2.86. The number of amides is 1. The molecule has 0 bridgehead atoms. The molecule has 1 fully saturated rings. The number of carbonyl (C=O) groups excluding carboxylic acids is 1.